The molecule has 1 aromatic heterocycles. The number of ether oxygens (including phenoxy) is 1. The lowest BCUT2D eigenvalue weighted by Crippen LogP contribution is -2.11. The lowest BCUT2D eigenvalue weighted by molar-refractivity contribution is 0.100. The summed E-state index contributed by atoms with van der Waals surface area (Å²) >= 11 is 0. The van der Waals surface area contributed by atoms with Crippen LogP contribution in [0.15, 0.2) is 97.1 Å². The lowest BCUT2D eigenvalue weighted by atomic mass is 10.1. The standard InChI is InChI=1S/C27H22N4O2/c28-26(32)23-7-4-8-24-25(23)31-27(30-24)19-11-9-18(10-12-19)17-29-20-13-15-22(16-14-20)33-21-5-2-1-3-6-21/h1-16,29H,17H2,(H2,28,32)(H,30,31). The maximum absolute atomic E-state index is 11.6. The summed E-state index contributed by atoms with van der Waals surface area (Å²) < 4.78 is 5.83. The zero-order valence-corrected chi connectivity index (χ0v) is 17.8. The summed E-state index contributed by atoms with van der Waals surface area (Å²) in [6.07, 6.45) is 0. The third-order valence-corrected chi connectivity index (χ3v) is 5.34. The average Bonchev–Trinajstić information content (AvgIpc) is 3.29. The van der Waals surface area contributed by atoms with E-state index >= 15 is 0 Å². The molecule has 5 aromatic rings. The fourth-order valence-electron chi connectivity index (χ4n) is 3.62. The summed E-state index contributed by atoms with van der Waals surface area (Å²) in [6.45, 7) is 0.686. The number of para-hydroxylation sites is 2. The fourth-order valence-corrected chi connectivity index (χ4v) is 3.62. The molecule has 1 amide bonds. The van der Waals surface area contributed by atoms with Crippen LogP contribution in [0.25, 0.3) is 22.4 Å². The van der Waals surface area contributed by atoms with Crippen LogP contribution < -0.4 is 15.8 Å². The number of fused-ring (bicyclic) bond motifs is 1. The van der Waals surface area contributed by atoms with Crippen molar-refractivity contribution in [1.82, 2.24) is 9.97 Å². The number of carbonyl (C=O) groups is 1. The van der Waals surface area contributed by atoms with Crippen LogP contribution in [-0.4, -0.2) is 15.9 Å². The van der Waals surface area contributed by atoms with Crippen molar-refractivity contribution in [3.8, 4) is 22.9 Å². The van der Waals surface area contributed by atoms with E-state index in [0.29, 0.717) is 23.4 Å². The fraction of sp³-hybridized carbons (Fsp3) is 0.0370. The largest absolute Gasteiger partial charge is 0.457 e. The van der Waals surface area contributed by atoms with Crippen LogP contribution in [0, 0.1) is 0 Å². The summed E-state index contributed by atoms with van der Waals surface area (Å²) in [7, 11) is 0. The molecule has 0 atom stereocenters. The molecule has 1 heterocycles. The number of aromatic amines is 1. The molecule has 0 aliphatic rings. The molecule has 0 radical (unpaired) electrons. The van der Waals surface area contributed by atoms with Crippen LogP contribution in [0.4, 0.5) is 5.69 Å². The number of nitrogens with one attached hydrogen (secondary N) is 2. The van der Waals surface area contributed by atoms with Crippen LogP contribution in [0.5, 0.6) is 11.5 Å². The molecular formula is C27H22N4O2. The van der Waals surface area contributed by atoms with Crippen LogP contribution in [0.3, 0.4) is 0 Å². The number of benzene rings is 4. The quantitative estimate of drug-likeness (QED) is 0.305. The van der Waals surface area contributed by atoms with E-state index in [1.807, 2.05) is 72.8 Å². The van der Waals surface area contributed by atoms with E-state index < -0.39 is 5.91 Å². The Balaban J connectivity index is 1.24. The highest BCUT2D eigenvalue weighted by Crippen LogP contribution is 2.25. The molecule has 4 N–H and O–H groups in total. The van der Waals surface area contributed by atoms with Gasteiger partial charge in [0, 0.05) is 17.8 Å². The van der Waals surface area contributed by atoms with Gasteiger partial charge in [0.25, 0.3) is 5.91 Å². The van der Waals surface area contributed by atoms with Crippen molar-refractivity contribution in [2.24, 2.45) is 5.73 Å². The average molecular weight is 434 g/mol. The Hall–Kier alpha value is -4.58. The second kappa shape index (κ2) is 8.88. The van der Waals surface area contributed by atoms with Crippen molar-refractivity contribution in [1.29, 1.82) is 0 Å². The first-order valence-electron chi connectivity index (χ1n) is 10.6. The Kier molecular flexibility index (Phi) is 5.47. The molecule has 0 saturated carbocycles. The van der Waals surface area contributed by atoms with E-state index in [-0.39, 0.29) is 0 Å². The normalized spacial score (nSPS) is 10.8. The number of hydrogen-bond acceptors (Lipinski definition) is 4. The third kappa shape index (κ3) is 4.55. The van der Waals surface area contributed by atoms with E-state index in [1.165, 1.54) is 0 Å². The third-order valence-electron chi connectivity index (χ3n) is 5.34. The van der Waals surface area contributed by atoms with Crippen LogP contribution in [0.2, 0.25) is 0 Å². The first kappa shape index (κ1) is 20.3. The number of rotatable bonds is 7. The highest BCUT2D eigenvalue weighted by molar-refractivity contribution is 6.04. The Morgan fingerprint density at radius 3 is 2.30 bits per heavy atom. The number of anilines is 1. The van der Waals surface area contributed by atoms with Gasteiger partial charge in [-0.15, -0.1) is 0 Å². The predicted molar refractivity (Wildman–Crippen MR) is 130 cm³/mol. The van der Waals surface area contributed by atoms with Gasteiger partial charge in [-0.05, 0) is 54.1 Å². The van der Waals surface area contributed by atoms with Crippen molar-refractivity contribution in [2.75, 3.05) is 5.32 Å². The Labute approximate surface area is 191 Å². The molecule has 6 heteroatoms. The minimum absolute atomic E-state index is 0.413. The van der Waals surface area contributed by atoms with Crippen molar-refractivity contribution < 1.29 is 9.53 Å². The van der Waals surface area contributed by atoms with Gasteiger partial charge >= 0.3 is 0 Å². The zero-order chi connectivity index (χ0) is 22.6. The van der Waals surface area contributed by atoms with Gasteiger partial charge in [-0.2, -0.15) is 0 Å². The minimum atomic E-state index is -0.486. The Morgan fingerprint density at radius 2 is 1.58 bits per heavy atom. The highest BCUT2D eigenvalue weighted by Gasteiger charge is 2.12. The van der Waals surface area contributed by atoms with E-state index in [0.717, 1.165) is 33.8 Å². The molecule has 33 heavy (non-hydrogen) atoms. The molecule has 0 aliphatic heterocycles. The van der Waals surface area contributed by atoms with Crippen LogP contribution in [-0.2, 0) is 6.54 Å². The molecule has 0 fully saturated rings. The molecule has 6 nitrogen and oxygen atoms in total. The van der Waals surface area contributed by atoms with E-state index in [2.05, 4.69) is 27.4 Å². The predicted octanol–water partition coefficient (Wildman–Crippen LogP) is 5.73. The summed E-state index contributed by atoms with van der Waals surface area (Å²) in [5.74, 6) is 1.82. The molecular weight excluding hydrogens is 412 g/mol. The number of aromatic nitrogens is 2. The van der Waals surface area contributed by atoms with Gasteiger partial charge in [-0.25, -0.2) is 4.98 Å². The lowest BCUT2D eigenvalue weighted by Gasteiger charge is -2.09. The van der Waals surface area contributed by atoms with Gasteiger partial charge in [0.15, 0.2) is 0 Å². The summed E-state index contributed by atoms with van der Waals surface area (Å²) in [5, 5.41) is 3.42. The Morgan fingerprint density at radius 1 is 0.848 bits per heavy atom. The number of H-pyrrole nitrogens is 1. The van der Waals surface area contributed by atoms with E-state index in [9.17, 15) is 4.79 Å². The van der Waals surface area contributed by atoms with Gasteiger partial charge in [-0.3, -0.25) is 4.79 Å². The molecule has 0 saturated heterocycles. The molecule has 0 spiro atoms. The molecule has 0 bridgehead atoms. The number of carbonyl (C=O) groups excluding carboxylic acids is 1. The summed E-state index contributed by atoms with van der Waals surface area (Å²) in [4.78, 5) is 19.5. The molecule has 5 rings (SSSR count). The van der Waals surface area contributed by atoms with Gasteiger partial charge in [0.1, 0.15) is 22.8 Å². The maximum atomic E-state index is 11.6. The SMILES string of the molecule is NC(=O)c1cccc2[nH]c(-c3ccc(CNc4ccc(Oc5ccccc5)cc4)cc3)nc12. The molecule has 0 aliphatic carbocycles. The topological polar surface area (TPSA) is 93.0 Å². The van der Waals surface area contributed by atoms with Crippen molar-refractivity contribution in [2.45, 2.75) is 6.54 Å². The first-order chi connectivity index (χ1) is 16.2. The number of nitrogens with zero attached hydrogens (tertiary/aromatic N) is 1. The zero-order valence-electron chi connectivity index (χ0n) is 17.8. The molecule has 0 unspecified atom stereocenters. The van der Waals surface area contributed by atoms with E-state index in [1.54, 1.807) is 12.1 Å². The minimum Gasteiger partial charge on any atom is -0.457 e. The van der Waals surface area contributed by atoms with Crippen molar-refractivity contribution in [3.05, 3.63) is 108 Å². The summed E-state index contributed by atoms with van der Waals surface area (Å²) in [5.41, 5.74) is 10.3. The highest BCUT2D eigenvalue weighted by atomic mass is 16.5. The number of amides is 1. The molecule has 162 valence electrons. The van der Waals surface area contributed by atoms with E-state index in [4.69, 9.17) is 10.5 Å². The van der Waals surface area contributed by atoms with Crippen molar-refractivity contribution >= 4 is 22.6 Å². The van der Waals surface area contributed by atoms with Gasteiger partial charge < -0.3 is 20.8 Å². The second-order valence-corrected chi connectivity index (χ2v) is 7.64. The van der Waals surface area contributed by atoms with Crippen LogP contribution in [0.1, 0.15) is 15.9 Å². The van der Waals surface area contributed by atoms with Crippen molar-refractivity contribution in [3.63, 3.8) is 0 Å². The van der Waals surface area contributed by atoms with Crippen LogP contribution >= 0.6 is 0 Å². The monoisotopic (exact) mass is 434 g/mol. The Bertz CT molecular complexity index is 1390. The number of imidazole rings is 1. The number of primary amides is 1. The number of hydrogen-bond donors (Lipinski definition) is 3. The second-order valence-electron chi connectivity index (χ2n) is 7.64. The maximum Gasteiger partial charge on any atom is 0.250 e. The molecule has 4 aromatic carbocycles. The number of nitrogens with two attached hydrogens (primary N) is 1. The van der Waals surface area contributed by atoms with Gasteiger partial charge in [0.2, 0.25) is 0 Å². The summed E-state index contributed by atoms with van der Waals surface area (Å²) in [6, 6.07) is 31.1. The van der Waals surface area contributed by atoms with Gasteiger partial charge in [-0.1, -0.05) is 48.5 Å². The first-order valence-corrected chi connectivity index (χ1v) is 10.6. The smallest absolute Gasteiger partial charge is 0.250 e. The van der Waals surface area contributed by atoms with Gasteiger partial charge in [0.05, 0.1) is 11.1 Å².